The van der Waals surface area contributed by atoms with Crippen molar-refractivity contribution in [2.45, 2.75) is 44.9 Å². The summed E-state index contributed by atoms with van der Waals surface area (Å²) in [5, 5.41) is 0. The van der Waals surface area contributed by atoms with Gasteiger partial charge in [-0.3, -0.25) is 9.36 Å². The monoisotopic (exact) mass is 477 g/mol. The Hall–Kier alpha value is -3.68. The third-order valence-electron chi connectivity index (χ3n) is 6.75. The van der Waals surface area contributed by atoms with E-state index in [0.29, 0.717) is 42.4 Å². The fourth-order valence-corrected chi connectivity index (χ4v) is 4.66. The number of rotatable bonds is 8. The molecule has 2 heterocycles. The van der Waals surface area contributed by atoms with Crippen LogP contribution in [0.25, 0.3) is 0 Å². The highest BCUT2D eigenvalue weighted by atomic mass is 16.5. The van der Waals surface area contributed by atoms with Crippen LogP contribution in [-0.2, 0) is 19.5 Å². The molecule has 0 spiro atoms. The fourth-order valence-electron chi connectivity index (χ4n) is 4.66. The average molecular weight is 478 g/mol. The molecule has 5 rings (SSSR count). The first-order valence-corrected chi connectivity index (χ1v) is 12.0. The Bertz CT molecular complexity index is 1270. The zero-order valence-electron chi connectivity index (χ0n) is 20.5. The van der Waals surface area contributed by atoms with Gasteiger partial charge in [-0.2, -0.15) is 0 Å². The molecule has 1 aromatic heterocycles. The Morgan fingerprint density at radius 2 is 1.77 bits per heavy atom. The van der Waals surface area contributed by atoms with E-state index in [1.165, 1.54) is 6.42 Å². The summed E-state index contributed by atoms with van der Waals surface area (Å²) < 4.78 is 24.5. The number of benzene rings is 2. The molecule has 1 amide bonds. The highest BCUT2D eigenvalue weighted by Crippen LogP contribution is 2.35. The Balaban J connectivity index is 1.46. The second-order valence-corrected chi connectivity index (χ2v) is 9.03. The molecule has 184 valence electrons. The highest BCUT2D eigenvalue weighted by Gasteiger charge is 2.30. The van der Waals surface area contributed by atoms with Crippen molar-refractivity contribution < 1.29 is 23.4 Å². The summed E-state index contributed by atoms with van der Waals surface area (Å²) in [7, 11) is 4.95. The largest absolute Gasteiger partial charge is 0.497 e. The first-order valence-electron chi connectivity index (χ1n) is 12.0. The third kappa shape index (κ3) is 4.78. The van der Waals surface area contributed by atoms with Gasteiger partial charge < -0.3 is 23.5 Å². The van der Waals surface area contributed by atoms with Crippen molar-refractivity contribution in [2.75, 3.05) is 27.8 Å². The first-order chi connectivity index (χ1) is 17.1. The number of nitrogens with zero attached hydrogens (tertiary/aromatic N) is 3. The van der Waals surface area contributed by atoms with E-state index in [9.17, 15) is 4.79 Å². The lowest BCUT2D eigenvalue weighted by Crippen LogP contribution is -2.38. The first kappa shape index (κ1) is 23.1. The summed E-state index contributed by atoms with van der Waals surface area (Å²) >= 11 is 0. The zero-order chi connectivity index (χ0) is 24.4. The SMILES string of the molecule is CN=c1occn1Cc1cc(OC2CCC2)c2c(c1)C(=O)N(Cc1cc(OC)cc(OC)c1)CC2. The van der Waals surface area contributed by atoms with E-state index in [2.05, 4.69) is 11.1 Å². The molecule has 0 bridgehead atoms. The molecule has 8 nitrogen and oxygen atoms in total. The lowest BCUT2D eigenvalue weighted by molar-refractivity contribution is 0.0719. The predicted molar refractivity (Wildman–Crippen MR) is 130 cm³/mol. The Morgan fingerprint density at radius 1 is 1.03 bits per heavy atom. The predicted octanol–water partition coefficient (Wildman–Crippen LogP) is 3.81. The van der Waals surface area contributed by atoms with Crippen molar-refractivity contribution in [1.29, 1.82) is 0 Å². The number of fused-ring (bicyclic) bond motifs is 1. The molecule has 0 atom stereocenters. The van der Waals surface area contributed by atoms with Gasteiger partial charge in [0, 0.05) is 43.5 Å². The maximum absolute atomic E-state index is 13.7. The van der Waals surface area contributed by atoms with E-state index in [4.69, 9.17) is 18.6 Å². The lowest BCUT2D eigenvalue weighted by atomic mass is 9.93. The van der Waals surface area contributed by atoms with Crippen LogP contribution in [0.15, 0.2) is 52.2 Å². The maximum atomic E-state index is 13.7. The van der Waals surface area contributed by atoms with Crippen molar-refractivity contribution in [2.24, 2.45) is 4.99 Å². The summed E-state index contributed by atoms with van der Waals surface area (Å²) in [5.74, 6) is 2.25. The third-order valence-corrected chi connectivity index (χ3v) is 6.75. The molecule has 1 aliphatic heterocycles. The molecule has 8 heteroatoms. The molecule has 1 aliphatic carbocycles. The average Bonchev–Trinajstić information content (AvgIpc) is 3.30. The van der Waals surface area contributed by atoms with Gasteiger partial charge >= 0.3 is 0 Å². The van der Waals surface area contributed by atoms with Gasteiger partial charge in [0.2, 0.25) is 0 Å². The van der Waals surface area contributed by atoms with E-state index in [-0.39, 0.29) is 12.0 Å². The van der Waals surface area contributed by atoms with Crippen LogP contribution in [0, 0.1) is 0 Å². The Labute approximate surface area is 204 Å². The number of carbonyl (C=O) groups excluding carboxylic acids is 1. The van der Waals surface area contributed by atoms with E-state index in [0.717, 1.165) is 41.7 Å². The Kier molecular flexibility index (Phi) is 6.53. The summed E-state index contributed by atoms with van der Waals surface area (Å²) in [5.41, 5.74) is 4.18. The molecule has 0 radical (unpaired) electrons. The van der Waals surface area contributed by atoms with Crippen LogP contribution in [0.3, 0.4) is 0 Å². The minimum absolute atomic E-state index is 0.00550. The van der Waals surface area contributed by atoms with Crippen LogP contribution in [0.2, 0.25) is 0 Å². The minimum atomic E-state index is 0.00550. The van der Waals surface area contributed by atoms with Gasteiger partial charge in [0.05, 0.1) is 26.9 Å². The zero-order valence-corrected chi connectivity index (χ0v) is 20.5. The quantitative estimate of drug-likeness (QED) is 0.493. The van der Waals surface area contributed by atoms with Gasteiger partial charge in [-0.25, -0.2) is 4.99 Å². The molecule has 0 saturated heterocycles. The normalized spacial score (nSPS) is 16.1. The van der Waals surface area contributed by atoms with E-state index in [1.807, 2.05) is 39.9 Å². The van der Waals surface area contributed by atoms with Gasteiger partial charge in [-0.15, -0.1) is 0 Å². The molecule has 2 aliphatic rings. The van der Waals surface area contributed by atoms with Crippen LogP contribution >= 0.6 is 0 Å². The molecule has 1 saturated carbocycles. The molecule has 0 N–H and O–H groups in total. The maximum Gasteiger partial charge on any atom is 0.296 e. The van der Waals surface area contributed by atoms with E-state index in [1.54, 1.807) is 27.5 Å². The Morgan fingerprint density at radius 3 is 2.43 bits per heavy atom. The molecule has 3 aromatic rings. The number of methoxy groups -OCH3 is 2. The van der Waals surface area contributed by atoms with Crippen molar-refractivity contribution >= 4 is 5.91 Å². The van der Waals surface area contributed by atoms with Crippen LogP contribution in [-0.4, -0.2) is 49.3 Å². The van der Waals surface area contributed by atoms with Crippen LogP contribution in [0.1, 0.15) is 46.3 Å². The van der Waals surface area contributed by atoms with Crippen molar-refractivity contribution in [1.82, 2.24) is 9.47 Å². The number of amides is 1. The van der Waals surface area contributed by atoms with Gasteiger partial charge in [0.15, 0.2) is 0 Å². The highest BCUT2D eigenvalue weighted by molar-refractivity contribution is 5.97. The van der Waals surface area contributed by atoms with Crippen molar-refractivity contribution in [3.05, 3.63) is 70.7 Å². The molecule has 1 fully saturated rings. The van der Waals surface area contributed by atoms with Gasteiger partial charge in [0.1, 0.15) is 23.5 Å². The van der Waals surface area contributed by atoms with Gasteiger partial charge in [-0.05, 0) is 61.1 Å². The van der Waals surface area contributed by atoms with Crippen LogP contribution in [0.5, 0.6) is 17.2 Å². The number of carbonyl (C=O) groups is 1. The standard InChI is InChI=1S/C27H31N3O5/c1-28-27-30(9-10-34-27)17-19-13-24-23(25(14-19)35-20-5-4-6-20)7-8-29(26(24)31)16-18-11-21(32-2)15-22(12-18)33-3/h9-15,20H,4-8,16-17H2,1-3H3. The number of aromatic nitrogens is 1. The van der Waals surface area contributed by atoms with Crippen molar-refractivity contribution in [3.8, 4) is 17.2 Å². The number of hydrogen-bond donors (Lipinski definition) is 0. The second-order valence-electron chi connectivity index (χ2n) is 9.03. The number of hydrogen-bond acceptors (Lipinski definition) is 6. The number of oxazole rings is 1. The molecule has 0 unspecified atom stereocenters. The fraction of sp³-hybridized carbons (Fsp3) is 0.407. The summed E-state index contributed by atoms with van der Waals surface area (Å²) in [4.78, 5) is 19.8. The van der Waals surface area contributed by atoms with Crippen LogP contribution < -0.4 is 19.9 Å². The molecular formula is C27H31N3O5. The minimum Gasteiger partial charge on any atom is -0.497 e. The van der Waals surface area contributed by atoms with Crippen LogP contribution in [0.4, 0.5) is 0 Å². The molecule has 35 heavy (non-hydrogen) atoms. The summed E-state index contributed by atoms with van der Waals surface area (Å²) in [6, 6.07) is 9.78. The van der Waals surface area contributed by atoms with E-state index < -0.39 is 0 Å². The molecule has 2 aromatic carbocycles. The summed E-state index contributed by atoms with van der Waals surface area (Å²) in [6.07, 6.45) is 7.75. The molecular weight excluding hydrogens is 446 g/mol. The van der Waals surface area contributed by atoms with Gasteiger partial charge in [-0.1, -0.05) is 0 Å². The lowest BCUT2D eigenvalue weighted by Gasteiger charge is -2.33. The smallest absolute Gasteiger partial charge is 0.296 e. The second kappa shape index (κ2) is 9.90. The van der Waals surface area contributed by atoms with Crippen molar-refractivity contribution in [3.63, 3.8) is 0 Å². The topological polar surface area (TPSA) is 78.4 Å². The number of ether oxygens (including phenoxy) is 3. The van der Waals surface area contributed by atoms with E-state index >= 15 is 0 Å². The summed E-state index contributed by atoms with van der Waals surface area (Å²) in [6.45, 7) is 1.64. The van der Waals surface area contributed by atoms with Gasteiger partial charge in [0.25, 0.3) is 11.6 Å².